The molecule has 3 N–H and O–H groups in total. The summed E-state index contributed by atoms with van der Waals surface area (Å²) in [7, 11) is 0.205. The standard InChI is InChI=1S/C49H60N6O12S/c1-49(2)37-28-40-31(10-8-19-53(40)22-24-65-4)26-35(37)46(36-27-32-11-9-20-54(23-25-66-5)41(32)29-38(36)49)33-12-6-7-13-34(33)48(61)52(3)21-17-42(56)51-39(30-68(62,63)64)47(60)50-18-16-45(59)67-55-43(57)14-15-44(55)58/h6-7,12-13,26-29,39H,8-11,14-25,30H2,1-5H3,(H2-,50,51,56,60,62,63,64)/p+1/t39-/m0/s1. The fourth-order valence-electron chi connectivity index (χ4n) is 9.65. The Labute approximate surface area is 396 Å². The lowest BCUT2D eigenvalue weighted by atomic mass is 9.67. The highest BCUT2D eigenvalue weighted by Crippen LogP contribution is 2.44. The van der Waals surface area contributed by atoms with Crippen LogP contribution in [0.15, 0.2) is 48.5 Å². The Bertz CT molecular complexity index is 2740. The number of hydrogen-bond acceptors (Lipinski definition) is 12. The first kappa shape index (κ1) is 49.9. The smallest absolute Gasteiger partial charge is 0.334 e. The van der Waals surface area contributed by atoms with Gasteiger partial charge in [0.2, 0.25) is 17.2 Å². The molecule has 1 atom stereocenters. The lowest BCUT2D eigenvalue weighted by Gasteiger charge is -2.39. The normalized spacial score (nSPS) is 16.6. The molecule has 0 saturated carbocycles. The van der Waals surface area contributed by atoms with E-state index in [1.54, 1.807) is 33.4 Å². The Morgan fingerprint density at radius 3 is 2.34 bits per heavy atom. The number of carbonyl (C=O) groups is 6. The van der Waals surface area contributed by atoms with Gasteiger partial charge in [0.1, 0.15) is 24.9 Å². The molecule has 1 fully saturated rings. The van der Waals surface area contributed by atoms with Gasteiger partial charge < -0.3 is 34.7 Å². The van der Waals surface area contributed by atoms with Crippen molar-refractivity contribution in [2.75, 3.05) is 84.4 Å². The van der Waals surface area contributed by atoms with Gasteiger partial charge in [0.25, 0.3) is 27.8 Å². The molecule has 3 aliphatic heterocycles. The molecule has 3 heterocycles. The molecule has 1 saturated heterocycles. The van der Waals surface area contributed by atoms with Crippen molar-refractivity contribution in [3.63, 3.8) is 0 Å². The van der Waals surface area contributed by atoms with Crippen LogP contribution in [0.1, 0.15) is 96.1 Å². The topological polar surface area (TPSA) is 221 Å². The number of hydrogen-bond donors (Lipinski definition) is 3. The number of amides is 5. The van der Waals surface area contributed by atoms with Crippen molar-refractivity contribution in [1.29, 1.82) is 0 Å². The summed E-state index contributed by atoms with van der Waals surface area (Å²) in [6.07, 6.45) is 2.76. The average molecular weight is 958 g/mol. The second kappa shape index (κ2) is 21.1. The number of ether oxygens (including phenoxy) is 2. The molecule has 364 valence electrons. The molecule has 68 heavy (non-hydrogen) atoms. The molecule has 0 spiro atoms. The fourth-order valence-corrected chi connectivity index (χ4v) is 10.3. The highest BCUT2D eigenvalue weighted by Gasteiger charge is 2.38. The third-order valence-corrected chi connectivity index (χ3v) is 13.9. The second-order valence-electron chi connectivity index (χ2n) is 18.2. The molecule has 3 aromatic rings. The van der Waals surface area contributed by atoms with Gasteiger partial charge >= 0.3 is 5.97 Å². The quantitative estimate of drug-likeness (QED) is 0.0869. The molecule has 4 aliphatic rings. The van der Waals surface area contributed by atoms with Gasteiger partial charge in [0.15, 0.2) is 6.54 Å². The van der Waals surface area contributed by atoms with Crippen LogP contribution in [-0.2, 0) is 66.7 Å². The van der Waals surface area contributed by atoms with Crippen LogP contribution in [0.5, 0.6) is 0 Å². The summed E-state index contributed by atoms with van der Waals surface area (Å²) >= 11 is 0. The average Bonchev–Trinajstić information content (AvgIpc) is 3.62. The van der Waals surface area contributed by atoms with E-state index in [0.717, 1.165) is 84.9 Å². The molecule has 0 aromatic heterocycles. The van der Waals surface area contributed by atoms with Crippen molar-refractivity contribution in [3.05, 3.63) is 98.1 Å². The summed E-state index contributed by atoms with van der Waals surface area (Å²) in [5.74, 6) is -5.73. The van der Waals surface area contributed by atoms with E-state index in [0.29, 0.717) is 23.8 Å². The van der Waals surface area contributed by atoms with Gasteiger partial charge in [-0.25, -0.2) is 9.37 Å². The minimum Gasteiger partial charge on any atom is -0.383 e. The van der Waals surface area contributed by atoms with Crippen molar-refractivity contribution in [2.24, 2.45) is 0 Å². The number of aryl methyl sites for hydroxylation is 2. The predicted octanol–water partition coefficient (Wildman–Crippen LogP) is 1.00. The van der Waals surface area contributed by atoms with Crippen LogP contribution < -0.4 is 30.7 Å². The fraction of sp³-hybridized carbons (Fsp3) is 0.490. The lowest BCUT2D eigenvalue weighted by Crippen LogP contribution is -2.51. The number of carbonyl (C=O) groups excluding carboxylic acids is 6. The summed E-state index contributed by atoms with van der Waals surface area (Å²) in [6, 6.07) is 15.0. The minimum absolute atomic E-state index is 0.104. The van der Waals surface area contributed by atoms with E-state index in [1.807, 2.05) is 12.1 Å². The Morgan fingerprint density at radius 2 is 1.62 bits per heavy atom. The molecular formula is C49H61N6O12S+. The van der Waals surface area contributed by atoms with Crippen LogP contribution in [0.4, 0.5) is 5.69 Å². The molecule has 3 aromatic carbocycles. The van der Waals surface area contributed by atoms with Crippen LogP contribution in [-0.4, -0.2) is 144 Å². The first-order chi connectivity index (χ1) is 32.4. The summed E-state index contributed by atoms with van der Waals surface area (Å²) in [4.78, 5) is 85.3. The molecule has 1 aliphatic carbocycles. The number of methoxy groups -OCH3 is 2. The van der Waals surface area contributed by atoms with Crippen LogP contribution in [0, 0.1) is 0 Å². The van der Waals surface area contributed by atoms with Crippen LogP contribution >= 0.6 is 0 Å². The highest BCUT2D eigenvalue weighted by molar-refractivity contribution is 7.85. The molecule has 0 radical (unpaired) electrons. The Morgan fingerprint density at radius 1 is 0.897 bits per heavy atom. The van der Waals surface area contributed by atoms with Crippen molar-refractivity contribution in [3.8, 4) is 0 Å². The van der Waals surface area contributed by atoms with Gasteiger partial charge in [0, 0.05) is 101 Å². The maximum Gasteiger partial charge on any atom is 0.334 e. The summed E-state index contributed by atoms with van der Waals surface area (Å²) < 4.78 is 46.8. The minimum atomic E-state index is -4.78. The SMILES string of the molecule is COCCN1CCCc2cc3c(cc21)C(C)(C)c1cc2c(cc1=C3c1ccccc1C(=O)N(C)CCC(=O)N[C@@H](CS(=O)(=O)O)C(=O)NCCC(=O)ON1C(=O)CCC1=O)CCC[N+]=2CCOC. The summed E-state index contributed by atoms with van der Waals surface area (Å²) in [5, 5.41) is 7.23. The van der Waals surface area contributed by atoms with E-state index in [-0.39, 0.29) is 31.7 Å². The molecule has 18 nitrogen and oxygen atoms in total. The number of benzene rings is 3. The van der Waals surface area contributed by atoms with E-state index in [4.69, 9.17) is 14.3 Å². The van der Waals surface area contributed by atoms with Gasteiger partial charge in [0.05, 0.1) is 13.0 Å². The Balaban J connectivity index is 1.16. The van der Waals surface area contributed by atoms with Crippen LogP contribution in [0.2, 0.25) is 0 Å². The first-order valence-corrected chi connectivity index (χ1v) is 24.7. The molecule has 7 rings (SSSR count). The van der Waals surface area contributed by atoms with Crippen molar-refractivity contribution >= 4 is 56.9 Å². The van der Waals surface area contributed by atoms with E-state index in [1.165, 1.54) is 27.1 Å². The van der Waals surface area contributed by atoms with Crippen molar-refractivity contribution in [2.45, 2.75) is 76.7 Å². The van der Waals surface area contributed by atoms with E-state index in [2.05, 4.69) is 58.2 Å². The number of anilines is 1. The molecule has 0 unspecified atom stereocenters. The van der Waals surface area contributed by atoms with E-state index < -0.39 is 69.9 Å². The number of fused-ring (bicyclic) bond motifs is 4. The zero-order valence-electron chi connectivity index (χ0n) is 39.4. The molecule has 5 amide bonds. The van der Waals surface area contributed by atoms with E-state index in [9.17, 15) is 41.7 Å². The van der Waals surface area contributed by atoms with Gasteiger partial charge in [-0.15, -0.1) is 5.06 Å². The molecule has 19 heteroatoms. The molecular weight excluding hydrogens is 897 g/mol. The Hall–Kier alpha value is -6.02. The number of nitrogens with one attached hydrogen (secondary N) is 2. The first-order valence-electron chi connectivity index (χ1n) is 23.1. The highest BCUT2D eigenvalue weighted by atomic mass is 32.2. The third-order valence-electron chi connectivity index (χ3n) is 13.2. The van der Waals surface area contributed by atoms with E-state index >= 15 is 0 Å². The van der Waals surface area contributed by atoms with Crippen LogP contribution in [0.3, 0.4) is 0 Å². The number of imide groups is 1. The lowest BCUT2D eigenvalue weighted by molar-refractivity contribution is -0.197. The maximum absolute atomic E-state index is 14.6. The zero-order chi connectivity index (χ0) is 48.9. The summed E-state index contributed by atoms with van der Waals surface area (Å²) in [5.41, 5.74) is 8.68. The Kier molecular flexibility index (Phi) is 15.5. The van der Waals surface area contributed by atoms with Gasteiger partial charge in [-0.3, -0.25) is 28.5 Å². The predicted molar refractivity (Wildman–Crippen MR) is 251 cm³/mol. The number of nitrogens with zero attached hydrogens (tertiary/aromatic N) is 4. The van der Waals surface area contributed by atoms with Crippen molar-refractivity contribution < 1.29 is 56.0 Å². The zero-order valence-corrected chi connectivity index (χ0v) is 40.2. The van der Waals surface area contributed by atoms with Gasteiger partial charge in [-0.1, -0.05) is 32.0 Å². The third kappa shape index (κ3) is 11.0. The number of hydroxylamine groups is 2. The number of rotatable bonds is 19. The van der Waals surface area contributed by atoms with Crippen molar-refractivity contribution in [1.82, 2.24) is 25.2 Å². The summed E-state index contributed by atoms with van der Waals surface area (Å²) in [6.45, 7) is 8.59. The monoisotopic (exact) mass is 957 g/mol. The van der Waals surface area contributed by atoms with Gasteiger partial charge in [-0.05, 0) is 82.1 Å². The second-order valence-corrected chi connectivity index (χ2v) is 19.7. The molecule has 0 bridgehead atoms. The van der Waals surface area contributed by atoms with Gasteiger partial charge in [-0.2, -0.15) is 8.42 Å². The van der Waals surface area contributed by atoms with Crippen LogP contribution in [0.25, 0.3) is 5.57 Å². The largest absolute Gasteiger partial charge is 0.383 e. The maximum atomic E-state index is 14.6.